The number of aromatic nitrogens is 2. The lowest BCUT2D eigenvalue weighted by Gasteiger charge is -2.01. The molecule has 0 fully saturated rings. The molecule has 7 N–H and O–H groups in total. The number of nitrogens with zero attached hydrogens (tertiary/aromatic N) is 2. The summed E-state index contributed by atoms with van der Waals surface area (Å²) in [4.78, 5) is 10.5. The molecule has 92 valence electrons. The van der Waals surface area contributed by atoms with E-state index in [4.69, 9.17) is 26.7 Å². The summed E-state index contributed by atoms with van der Waals surface area (Å²) in [7, 11) is 0. The van der Waals surface area contributed by atoms with Crippen molar-refractivity contribution in [2.75, 3.05) is 6.61 Å². The molecule has 0 aliphatic heterocycles. The van der Waals surface area contributed by atoms with Crippen LogP contribution in [0, 0.1) is 0 Å². The summed E-state index contributed by atoms with van der Waals surface area (Å²) in [5.74, 6) is -0.0471. The van der Waals surface area contributed by atoms with Gasteiger partial charge in [-0.3, -0.25) is 4.79 Å². The Morgan fingerprint density at radius 1 is 1.56 bits per heavy atom. The van der Waals surface area contributed by atoms with Crippen LogP contribution < -0.4 is 17.2 Å². The van der Waals surface area contributed by atoms with E-state index in [0.717, 1.165) is 0 Å². The van der Waals surface area contributed by atoms with Crippen LogP contribution in [0.25, 0.3) is 0 Å². The van der Waals surface area contributed by atoms with Crippen LogP contribution in [0.2, 0.25) is 0 Å². The number of rotatable bonds is 4. The zero-order valence-electron chi connectivity index (χ0n) is 9.09. The first-order valence-electron chi connectivity index (χ1n) is 4.72. The molecule has 0 aliphatic rings. The molecular weight excluding hydrogens is 214 g/mol. The van der Waals surface area contributed by atoms with Gasteiger partial charge in [-0.05, 0) is 6.92 Å². The second-order valence-corrected chi connectivity index (χ2v) is 2.83. The highest BCUT2D eigenvalue weighted by atomic mass is 16.4. The number of nitrogens with two attached hydrogens (primary N) is 3. The molecule has 0 spiro atoms. The van der Waals surface area contributed by atoms with Gasteiger partial charge in [-0.25, -0.2) is 0 Å². The SMILES string of the molecule is CCO.NCc1nnc(C(N)CC(N)=O)o1. The minimum atomic E-state index is -0.648. The van der Waals surface area contributed by atoms with Gasteiger partial charge in [0.15, 0.2) is 0 Å². The highest BCUT2D eigenvalue weighted by Gasteiger charge is 2.15. The molecule has 0 saturated heterocycles. The smallest absolute Gasteiger partial charge is 0.233 e. The van der Waals surface area contributed by atoms with Crippen molar-refractivity contribution in [2.24, 2.45) is 17.2 Å². The number of carbonyl (C=O) groups excluding carboxylic acids is 1. The highest BCUT2D eigenvalue weighted by molar-refractivity contribution is 5.74. The lowest BCUT2D eigenvalue weighted by Crippen LogP contribution is -2.20. The maximum Gasteiger partial charge on any atom is 0.233 e. The monoisotopic (exact) mass is 231 g/mol. The minimum Gasteiger partial charge on any atom is -0.422 e. The van der Waals surface area contributed by atoms with Crippen molar-refractivity contribution in [1.82, 2.24) is 10.2 Å². The minimum absolute atomic E-state index is 0.0216. The van der Waals surface area contributed by atoms with Gasteiger partial charge < -0.3 is 26.7 Å². The third-order valence-electron chi connectivity index (χ3n) is 1.40. The normalized spacial score (nSPS) is 11.5. The van der Waals surface area contributed by atoms with Crippen molar-refractivity contribution in [3.8, 4) is 0 Å². The molecule has 8 heteroatoms. The van der Waals surface area contributed by atoms with Crippen LogP contribution >= 0.6 is 0 Å². The van der Waals surface area contributed by atoms with Crippen LogP contribution in [0.1, 0.15) is 31.2 Å². The lowest BCUT2D eigenvalue weighted by molar-refractivity contribution is -0.118. The van der Waals surface area contributed by atoms with Crippen LogP contribution in [-0.2, 0) is 11.3 Å². The molecule has 0 radical (unpaired) electrons. The fourth-order valence-electron chi connectivity index (χ4n) is 0.803. The van der Waals surface area contributed by atoms with Gasteiger partial charge in [0.2, 0.25) is 17.7 Å². The third-order valence-corrected chi connectivity index (χ3v) is 1.40. The predicted molar refractivity (Wildman–Crippen MR) is 55.7 cm³/mol. The van der Waals surface area contributed by atoms with E-state index in [-0.39, 0.29) is 31.4 Å². The van der Waals surface area contributed by atoms with E-state index in [0.29, 0.717) is 0 Å². The Balaban J connectivity index is 0.000000673. The molecule has 1 aromatic heterocycles. The maximum atomic E-state index is 10.5. The van der Waals surface area contributed by atoms with Crippen molar-refractivity contribution >= 4 is 5.91 Å². The summed E-state index contributed by atoms with van der Waals surface area (Å²) in [6, 6.07) is -0.648. The number of carbonyl (C=O) groups is 1. The number of primary amides is 1. The zero-order valence-corrected chi connectivity index (χ0v) is 9.09. The lowest BCUT2D eigenvalue weighted by atomic mass is 10.2. The van der Waals surface area contributed by atoms with Gasteiger partial charge in [-0.1, -0.05) is 0 Å². The molecule has 8 nitrogen and oxygen atoms in total. The summed E-state index contributed by atoms with van der Waals surface area (Å²) in [6.07, 6.45) is -0.0216. The fourth-order valence-corrected chi connectivity index (χ4v) is 0.803. The van der Waals surface area contributed by atoms with E-state index < -0.39 is 11.9 Å². The predicted octanol–water partition coefficient (Wildman–Crippen LogP) is -1.60. The molecule has 1 aromatic rings. The molecule has 1 unspecified atom stereocenters. The second kappa shape index (κ2) is 7.74. The molecule has 1 heterocycles. The van der Waals surface area contributed by atoms with Gasteiger partial charge in [0.1, 0.15) is 0 Å². The average molecular weight is 231 g/mol. The van der Waals surface area contributed by atoms with Crippen molar-refractivity contribution in [3.63, 3.8) is 0 Å². The number of aliphatic hydroxyl groups excluding tert-OH is 1. The second-order valence-electron chi connectivity index (χ2n) is 2.83. The Kier molecular flexibility index (Phi) is 7.01. The van der Waals surface area contributed by atoms with E-state index in [2.05, 4.69) is 10.2 Å². The van der Waals surface area contributed by atoms with Crippen LogP contribution in [0.4, 0.5) is 0 Å². The van der Waals surface area contributed by atoms with Crippen LogP contribution in [0.3, 0.4) is 0 Å². The first kappa shape index (κ1) is 14.5. The molecule has 16 heavy (non-hydrogen) atoms. The van der Waals surface area contributed by atoms with Crippen LogP contribution in [0.15, 0.2) is 4.42 Å². The van der Waals surface area contributed by atoms with Gasteiger partial charge in [0.05, 0.1) is 19.0 Å². The summed E-state index contributed by atoms with van der Waals surface area (Å²) in [5.41, 5.74) is 15.7. The van der Waals surface area contributed by atoms with Crippen molar-refractivity contribution in [2.45, 2.75) is 25.9 Å². The molecule has 1 atom stereocenters. The fraction of sp³-hybridized carbons (Fsp3) is 0.625. The first-order valence-corrected chi connectivity index (χ1v) is 4.72. The van der Waals surface area contributed by atoms with E-state index in [1.54, 1.807) is 6.92 Å². The first-order chi connectivity index (χ1) is 7.54. The summed E-state index contributed by atoms with van der Waals surface area (Å²) >= 11 is 0. The van der Waals surface area contributed by atoms with Crippen molar-refractivity contribution in [1.29, 1.82) is 0 Å². The van der Waals surface area contributed by atoms with Gasteiger partial charge in [0.25, 0.3) is 0 Å². The number of hydrogen-bond donors (Lipinski definition) is 4. The zero-order chi connectivity index (χ0) is 12.6. The van der Waals surface area contributed by atoms with E-state index in [1.165, 1.54) is 0 Å². The average Bonchev–Trinajstić information content (AvgIpc) is 2.66. The third kappa shape index (κ3) is 5.39. The molecule has 0 saturated carbocycles. The Morgan fingerprint density at radius 3 is 2.50 bits per heavy atom. The molecule has 1 amide bonds. The largest absolute Gasteiger partial charge is 0.422 e. The van der Waals surface area contributed by atoms with E-state index in [9.17, 15) is 4.79 Å². The number of hydrogen-bond acceptors (Lipinski definition) is 7. The summed E-state index contributed by atoms with van der Waals surface area (Å²) < 4.78 is 5.02. The molecule has 1 rings (SSSR count). The topological polar surface area (TPSA) is 154 Å². The Labute approximate surface area is 92.8 Å². The molecule has 0 bridgehead atoms. The summed E-state index contributed by atoms with van der Waals surface area (Å²) in [6.45, 7) is 2.08. The quantitative estimate of drug-likeness (QED) is 0.486. The highest BCUT2D eigenvalue weighted by Crippen LogP contribution is 2.11. The molecular formula is C8H17N5O3. The molecule has 0 aromatic carbocycles. The van der Waals surface area contributed by atoms with Crippen LogP contribution in [-0.4, -0.2) is 27.8 Å². The maximum absolute atomic E-state index is 10.5. The Morgan fingerprint density at radius 2 is 2.12 bits per heavy atom. The Hall–Kier alpha value is -1.51. The van der Waals surface area contributed by atoms with Gasteiger partial charge in [0, 0.05) is 6.61 Å². The summed E-state index contributed by atoms with van der Waals surface area (Å²) in [5, 5.41) is 14.8. The van der Waals surface area contributed by atoms with Gasteiger partial charge >= 0.3 is 0 Å². The van der Waals surface area contributed by atoms with Gasteiger partial charge in [-0.15, -0.1) is 10.2 Å². The van der Waals surface area contributed by atoms with Crippen molar-refractivity contribution < 1.29 is 14.3 Å². The number of aliphatic hydroxyl groups is 1. The van der Waals surface area contributed by atoms with E-state index in [1.807, 2.05) is 0 Å². The van der Waals surface area contributed by atoms with Crippen molar-refractivity contribution in [3.05, 3.63) is 11.8 Å². The van der Waals surface area contributed by atoms with Crippen LogP contribution in [0.5, 0.6) is 0 Å². The number of amides is 1. The van der Waals surface area contributed by atoms with Gasteiger partial charge in [-0.2, -0.15) is 0 Å². The molecule has 0 aliphatic carbocycles. The Bertz CT molecular complexity index is 314. The standard InChI is InChI=1S/C6H11N5O2.C2H6O/c7-2-5-10-11-6(13-5)3(8)1-4(9)12;1-2-3/h3H,1-2,7-8H2,(H2,9,12);3H,2H2,1H3. The van der Waals surface area contributed by atoms with E-state index >= 15 is 0 Å².